The van der Waals surface area contributed by atoms with Crippen LogP contribution in [0.5, 0.6) is 0 Å². The number of hydrogen-bond acceptors (Lipinski definition) is 4. The van der Waals surface area contributed by atoms with Gasteiger partial charge in [-0.2, -0.15) is 0 Å². The summed E-state index contributed by atoms with van der Waals surface area (Å²) in [4.78, 5) is 7.37. The number of hydrogen-bond donors (Lipinski definition) is 0. The predicted molar refractivity (Wildman–Crippen MR) is 211 cm³/mol. The van der Waals surface area contributed by atoms with Crippen molar-refractivity contribution in [2.75, 3.05) is 4.90 Å². The van der Waals surface area contributed by atoms with Gasteiger partial charge in [-0.3, -0.25) is 0 Å². The molecule has 51 heavy (non-hydrogen) atoms. The Labute approximate surface area is 292 Å². The first-order chi connectivity index (χ1) is 25.3. The number of furan rings is 1. The second kappa shape index (κ2) is 10.8. The van der Waals surface area contributed by atoms with E-state index in [1.807, 2.05) is 30.3 Å². The van der Waals surface area contributed by atoms with E-state index in [-0.39, 0.29) is 0 Å². The molecule has 2 heterocycles. The van der Waals surface area contributed by atoms with Crippen molar-refractivity contribution < 1.29 is 8.83 Å². The number of aromatic nitrogens is 1. The van der Waals surface area contributed by atoms with Crippen LogP contribution in [0.25, 0.3) is 87.6 Å². The monoisotopic (exact) mass is 652 g/mol. The molecule has 0 saturated heterocycles. The number of para-hydroxylation sites is 1. The van der Waals surface area contributed by atoms with Crippen molar-refractivity contribution in [2.45, 2.75) is 0 Å². The number of rotatable bonds is 4. The maximum atomic E-state index is 6.63. The molecule has 11 aromatic rings. The molecule has 0 N–H and O–H groups in total. The van der Waals surface area contributed by atoms with E-state index in [4.69, 9.17) is 13.8 Å². The largest absolute Gasteiger partial charge is 0.456 e. The minimum absolute atomic E-state index is 0.583. The molecule has 0 spiro atoms. The van der Waals surface area contributed by atoms with Gasteiger partial charge in [0.05, 0.1) is 5.69 Å². The molecule has 2 aromatic heterocycles. The molecule has 4 nitrogen and oxygen atoms in total. The fourth-order valence-electron chi connectivity index (χ4n) is 7.96. The van der Waals surface area contributed by atoms with Crippen molar-refractivity contribution in [1.82, 2.24) is 4.98 Å². The summed E-state index contributed by atoms with van der Waals surface area (Å²) in [7, 11) is 0. The first kappa shape index (κ1) is 28.0. The Morgan fingerprint density at radius 1 is 0.392 bits per heavy atom. The Morgan fingerprint density at radius 3 is 2.00 bits per heavy atom. The zero-order valence-corrected chi connectivity index (χ0v) is 27.4. The van der Waals surface area contributed by atoms with E-state index in [9.17, 15) is 0 Å². The highest BCUT2D eigenvalue weighted by Crippen LogP contribution is 2.45. The summed E-state index contributed by atoms with van der Waals surface area (Å²) < 4.78 is 13.0. The van der Waals surface area contributed by atoms with Gasteiger partial charge in [0.25, 0.3) is 0 Å². The zero-order valence-electron chi connectivity index (χ0n) is 27.4. The molecule has 0 atom stereocenters. The fourth-order valence-corrected chi connectivity index (χ4v) is 7.96. The van der Waals surface area contributed by atoms with Crippen LogP contribution in [0, 0.1) is 0 Å². The number of nitrogens with zero attached hydrogens (tertiary/aromatic N) is 2. The highest BCUT2D eigenvalue weighted by molar-refractivity contribution is 6.21. The fraction of sp³-hybridized carbons (Fsp3) is 0. The molecule has 0 unspecified atom stereocenters. The molecule has 0 aliphatic heterocycles. The Hall–Kier alpha value is -6.91. The van der Waals surface area contributed by atoms with E-state index in [0.29, 0.717) is 5.89 Å². The quantitative estimate of drug-likeness (QED) is 0.177. The van der Waals surface area contributed by atoms with Crippen LogP contribution in [0.4, 0.5) is 17.1 Å². The molecule has 0 aliphatic carbocycles. The van der Waals surface area contributed by atoms with Crippen molar-refractivity contribution >= 4 is 93.2 Å². The smallest absolute Gasteiger partial charge is 0.228 e. The topological polar surface area (TPSA) is 42.4 Å². The van der Waals surface area contributed by atoms with Crippen LogP contribution in [0.2, 0.25) is 0 Å². The molecular formula is C47H28N2O2. The van der Waals surface area contributed by atoms with Gasteiger partial charge >= 0.3 is 0 Å². The number of anilines is 3. The minimum atomic E-state index is 0.583. The molecule has 0 amide bonds. The lowest BCUT2D eigenvalue weighted by molar-refractivity contribution is 0.620. The first-order valence-corrected chi connectivity index (χ1v) is 17.2. The molecule has 238 valence electrons. The summed E-state index contributed by atoms with van der Waals surface area (Å²) >= 11 is 0. The van der Waals surface area contributed by atoms with Crippen LogP contribution in [0.1, 0.15) is 0 Å². The van der Waals surface area contributed by atoms with Crippen LogP contribution in [0.3, 0.4) is 0 Å². The number of oxazole rings is 1. The number of benzene rings is 9. The van der Waals surface area contributed by atoms with Gasteiger partial charge in [-0.15, -0.1) is 0 Å². The van der Waals surface area contributed by atoms with Gasteiger partial charge in [0, 0.05) is 44.5 Å². The second-order valence-corrected chi connectivity index (χ2v) is 13.1. The van der Waals surface area contributed by atoms with Crippen molar-refractivity contribution in [3.05, 3.63) is 170 Å². The Morgan fingerprint density at radius 2 is 1.10 bits per heavy atom. The highest BCUT2D eigenvalue weighted by Gasteiger charge is 2.21. The van der Waals surface area contributed by atoms with Crippen molar-refractivity contribution in [3.8, 4) is 11.5 Å². The van der Waals surface area contributed by atoms with Gasteiger partial charge < -0.3 is 13.7 Å². The lowest BCUT2D eigenvalue weighted by atomic mass is 9.95. The molecule has 9 aromatic carbocycles. The lowest BCUT2D eigenvalue weighted by Gasteiger charge is -2.27. The molecule has 11 rings (SSSR count). The molecule has 0 fully saturated rings. The molecule has 0 radical (unpaired) electrons. The lowest BCUT2D eigenvalue weighted by Crippen LogP contribution is -2.10. The summed E-state index contributed by atoms with van der Waals surface area (Å²) in [6, 6.07) is 59.8. The van der Waals surface area contributed by atoms with Gasteiger partial charge in [-0.25, -0.2) is 4.98 Å². The normalized spacial score (nSPS) is 11.9. The Kier molecular flexibility index (Phi) is 5.92. The molecule has 0 saturated carbocycles. The van der Waals surface area contributed by atoms with Crippen LogP contribution < -0.4 is 4.90 Å². The molecule has 0 aliphatic rings. The second-order valence-electron chi connectivity index (χ2n) is 13.1. The zero-order chi connectivity index (χ0) is 33.5. The third kappa shape index (κ3) is 4.23. The summed E-state index contributed by atoms with van der Waals surface area (Å²) in [6.07, 6.45) is 0. The maximum Gasteiger partial charge on any atom is 0.228 e. The average Bonchev–Trinajstić information content (AvgIpc) is 3.80. The van der Waals surface area contributed by atoms with Gasteiger partial charge in [-0.05, 0) is 80.8 Å². The molecule has 4 heteroatoms. The van der Waals surface area contributed by atoms with E-state index in [1.165, 1.54) is 32.3 Å². The Balaban J connectivity index is 1.13. The van der Waals surface area contributed by atoms with Gasteiger partial charge in [0.1, 0.15) is 16.7 Å². The van der Waals surface area contributed by atoms with Crippen molar-refractivity contribution in [2.24, 2.45) is 0 Å². The minimum Gasteiger partial charge on any atom is -0.456 e. The van der Waals surface area contributed by atoms with Crippen molar-refractivity contribution in [1.29, 1.82) is 0 Å². The van der Waals surface area contributed by atoms with Crippen LogP contribution in [0.15, 0.2) is 179 Å². The number of fused-ring (bicyclic) bond motifs is 11. The van der Waals surface area contributed by atoms with Gasteiger partial charge in [0.15, 0.2) is 5.58 Å². The standard InChI is InChI=1S/C47H28N2O2/c1-2-13-32(14-3-1)49(40-18-8-12-31-21-24-36-34-15-6-4-10-29(34)20-25-37(36)44(31)40)33-23-26-38-43(28-33)50-41-19-9-17-39(45(38)41)47-48-46-35-16-7-5-11-30(35)22-27-42(46)51-47/h1-28H. The first-order valence-electron chi connectivity index (χ1n) is 17.2. The van der Waals surface area contributed by atoms with E-state index >= 15 is 0 Å². The van der Waals surface area contributed by atoms with E-state index < -0.39 is 0 Å². The third-order valence-corrected chi connectivity index (χ3v) is 10.3. The SMILES string of the molecule is c1ccc(N(c2ccc3c(c2)oc2cccc(-c4nc5c(ccc6ccccc65)o4)c23)c2cccc3ccc4c5ccccc5ccc4c23)cc1. The average molecular weight is 653 g/mol. The van der Waals surface area contributed by atoms with Gasteiger partial charge in [-0.1, -0.05) is 115 Å². The van der Waals surface area contributed by atoms with Gasteiger partial charge in [0.2, 0.25) is 5.89 Å². The van der Waals surface area contributed by atoms with E-state index in [1.54, 1.807) is 0 Å². The maximum absolute atomic E-state index is 6.63. The third-order valence-electron chi connectivity index (χ3n) is 10.3. The summed E-state index contributed by atoms with van der Waals surface area (Å²) in [6.45, 7) is 0. The van der Waals surface area contributed by atoms with E-state index in [0.717, 1.165) is 66.4 Å². The summed E-state index contributed by atoms with van der Waals surface area (Å²) in [5.74, 6) is 0.583. The molecular weight excluding hydrogens is 625 g/mol. The Bertz CT molecular complexity index is 3160. The van der Waals surface area contributed by atoms with Crippen LogP contribution in [-0.4, -0.2) is 4.98 Å². The highest BCUT2D eigenvalue weighted by atomic mass is 16.3. The molecule has 0 bridgehead atoms. The summed E-state index contributed by atoms with van der Waals surface area (Å²) in [5, 5.41) is 11.6. The van der Waals surface area contributed by atoms with Crippen LogP contribution in [-0.2, 0) is 0 Å². The van der Waals surface area contributed by atoms with E-state index in [2.05, 4.69) is 144 Å². The van der Waals surface area contributed by atoms with Crippen molar-refractivity contribution in [3.63, 3.8) is 0 Å². The van der Waals surface area contributed by atoms with Crippen LogP contribution >= 0.6 is 0 Å². The summed E-state index contributed by atoms with van der Waals surface area (Å²) in [5.41, 5.74) is 7.32. The predicted octanol–water partition coefficient (Wildman–Crippen LogP) is 13.5.